The number of methoxy groups -OCH3 is 3. The Labute approximate surface area is 182 Å². The van der Waals surface area contributed by atoms with Crippen molar-refractivity contribution in [3.8, 4) is 17.2 Å². The van der Waals surface area contributed by atoms with Gasteiger partial charge >= 0.3 is 5.97 Å². The molecule has 0 amide bonds. The van der Waals surface area contributed by atoms with Gasteiger partial charge in [-0.05, 0) is 23.8 Å². The number of para-hydroxylation sites is 1. The molecule has 0 N–H and O–H groups in total. The molecule has 0 atom stereocenters. The minimum Gasteiger partial charge on any atom is -0.493 e. The van der Waals surface area contributed by atoms with E-state index in [9.17, 15) is 9.59 Å². The van der Waals surface area contributed by atoms with Crippen LogP contribution in [-0.2, 0) is 14.9 Å². The highest BCUT2D eigenvalue weighted by Gasteiger charge is 2.38. The van der Waals surface area contributed by atoms with Gasteiger partial charge in [-0.1, -0.05) is 32.0 Å². The first-order chi connectivity index (χ1) is 14.7. The summed E-state index contributed by atoms with van der Waals surface area (Å²) in [6.45, 7) is 3.76. The van der Waals surface area contributed by atoms with Crippen molar-refractivity contribution in [1.29, 1.82) is 0 Å². The number of ketones is 1. The fourth-order valence-electron chi connectivity index (χ4n) is 3.87. The normalized spacial score (nSPS) is 15.4. The molecule has 1 aliphatic rings. The smallest absolute Gasteiger partial charge is 0.338 e. The summed E-state index contributed by atoms with van der Waals surface area (Å²) >= 11 is 0. The number of esters is 1. The first-order valence-electron chi connectivity index (χ1n) is 9.80. The molecule has 7 nitrogen and oxygen atoms in total. The number of hydrogen-bond donors (Lipinski definition) is 0. The van der Waals surface area contributed by atoms with E-state index in [4.69, 9.17) is 18.9 Å². The molecule has 0 unspecified atom stereocenters. The van der Waals surface area contributed by atoms with Crippen LogP contribution in [0.25, 0.3) is 0 Å². The van der Waals surface area contributed by atoms with Gasteiger partial charge in [-0.25, -0.2) is 4.79 Å². The number of allylic oxidation sites excluding steroid dienone is 1. The Bertz CT molecular complexity index is 1020. The summed E-state index contributed by atoms with van der Waals surface area (Å²) < 4.78 is 21.0. The van der Waals surface area contributed by atoms with E-state index in [1.54, 1.807) is 6.08 Å². The van der Waals surface area contributed by atoms with Crippen molar-refractivity contribution >= 4 is 17.4 Å². The van der Waals surface area contributed by atoms with Crippen molar-refractivity contribution in [2.45, 2.75) is 19.3 Å². The fraction of sp³-hybridized carbons (Fsp3) is 0.333. The number of benzene rings is 2. The molecule has 0 aliphatic carbocycles. The van der Waals surface area contributed by atoms with Crippen molar-refractivity contribution in [3.63, 3.8) is 0 Å². The summed E-state index contributed by atoms with van der Waals surface area (Å²) in [6, 6.07) is 11.0. The topological polar surface area (TPSA) is 74.3 Å². The van der Waals surface area contributed by atoms with Gasteiger partial charge in [0.25, 0.3) is 0 Å². The number of ether oxygens (including phenoxy) is 4. The molecule has 0 fully saturated rings. The Hall–Kier alpha value is -3.48. The minimum absolute atomic E-state index is 0.195. The van der Waals surface area contributed by atoms with E-state index in [0.29, 0.717) is 17.2 Å². The third-order valence-corrected chi connectivity index (χ3v) is 5.48. The molecule has 0 bridgehead atoms. The Morgan fingerprint density at radius 3 is 2.16 bits per heavy atom. The molecule has 1 aliphatic heterocycles. The lowest BCUT2D eigenvalue weighted by atomic mass is 9.83. The molecule has 7 heteroatoms. The predicted molar refractivity (Wildman–Crippen MR) is 117 cm³/mol. The van der Waals surface area contributed by atoms with E-state index in [1.807, 2.05) is 30.1 Å². The van der Waals surface area contributed by atoms with Gasteiger partial charge in [0.2, 0.25) is 5.75 Å². The first-order valence-corrected chi connectivity index (χ1v) is 9.80. The van der Waals surface area contributed by atoms with Crippen LogP contribution < -0.4 is 19.1 Å². The second-order valence-electron chi connectivity index (χ2n) is 7.69. The molecule has 2 aromatic carbocycles. The summed E-state index contributed by atoms with van der Waals surface area (Å²) in [6.07, 6.45) is 1.54. The van der Waals surface area contributed by atoms with Gasteiger partial charge in [0.1, 0.15) is 0 Å². The number of rotatable bonds is 7. The van der Waals surface area contributed by atoms with E-state index in [-0.39, 0.29) is 23.4 Å². The lowest BCUT2D eigenvalue weighted by molar-refractivity contribution is -0.117. The van der Waals surface area contributed by atoms with Gasteiger partial charge < -0.3 is 23.8 Å². The first kappa shape index (κ1) is 22.2. The van der Waals surface area contributed by atoms with Crippen LogP contribution in [0.3, 0.4) is 0 Å². The zero-order valence-electron chi connectivity index (χ0n) is 18.6. The van der Waals surface area contributed by atoms with E-state index in [2.05, 4.69) is 19.9 Å². The van der Waals surface area contributed by atoms with Gasteiger partial charge in [0, 0.05) is 29.9 Å². The molecular formula is C24H27NO6. The monoisotopic (exact) mass is 425 g/mol. The SMILES string of the molecule is COc1cc(C(=O)OCC(=O)C=C2N(C)c3ccccc3C2(C)C)cc(OC)c1OC. The molecule has 3 rings (SSSR count). The Kier molecular flexibility index (Phi) is 6.24. The quantitative estimate of drug-likeness (QED) is 0.494. The Balaban J connectivity index is 1.75. The second kappa shape index (κ2) is 8.71. The third kappa shape index (κ3) is 4.08. The standard InChI is InChI=1S/C24H27NO6/c1-24(2)17-9-7-8-10-18(17)25(3)21(24)13-16(26)14-31-23(27)15-11-19(28-4)22(30-6)20(12-15)29-5/h7-13H,14H2,1-6H3. The molecule has 0 aromatic heterocycles. The molecule has 0 spiro atoms. The lowest BCUT2D eigenvalue weighted by Crippen LogP contribution is -2.25. The zero-order chi connectivity index (χ0) is 22.8. The molecule has 0 saturated carbocycles. The molecule has 31 heavy (non-hydrogen) atoms. The largest absolute Gasteiger partial charge is 0.493 e. The summed E-state index contributed by atoms with van der Waals surface area (Å²) in [5.74, 6) is 0.0638. The number of carbonyl (C=O) groups is 2. The van der Waals surface area contributed by atoms with E-state index < -0.39 is 5.97 Å². The maximum absolute atomic E-state index is 12.6. The van der Waals surface area contributed by atoms with E-state index in [1.165, 1.54) is 33.5 Å². The predicted octanol–water partition coefficient (Wildman–Crippen LogP) is 3.75. The van der Waals surface area contributed by atoms with Gasteiger partial charge in [-0.2, -0.15) is 0 Å². The molecule has 1 heterocycles. The number of fused-ring (bicyclic) bond motifs is 1. The van der Waals surface area contributed by atoms with Crippen LogP contribution >= 0.6 is 0 Å². The van der Waals surface area contributed by atoms with Crippen LogP contribution in [0.1, 0.15) is 29.8 Å². The van der Waals surface area contributed by atoms with Crippen LogP contribution in [0.4, 0.5) is 5.69 Å². The van der Waals surface area contributed by atoms with Crippen molar-refractivity contribution in [1.82, 2.24) is 0 Å². The van der Waals surface area contributed by atoms with Gasteiger partial charge in [-0.3, -0.25) is 4.79 Å². The maximum Gasteiger partial charge on any atom is 0.338 e. The number of carbonyl (C=O) groups excluding carboxylic acids is 2. The molecule has 164 valence electrons. The maximum atomic E-state index is 12.6. The third-order valence-electron chi connectivity index (χ3n) is 5.48. The average molecular weight is 425 g/mol. The minimum atomic E-state index is -0.659. The highest BCUT2D eigenvalue weighted by Crippen LogP contribution is 2.46. The second-order valence-corrected chi connectivity index (χ2v) is 7.69. The molecule has 0 saturated heterocycles. The van der Waals surface area contributed by atoms with E-state index in [0.717, 1.165) is 16.9 Å². The lowest BCUT2D eigenvalue weighted by Gasteiger charge is -2.23. The van der Waals surface area contributed by atoms with Crippen LogP contribution in [0.15, 0.2) is 48.2 Å². The highest BCUT2D eigenvalue weighted by molar-refractivity contribution is 5.97. The Morgan fingerprint density at radius 1 is 1.00 bits per heavy atom. The van der Waals surface area contributed by atoms with Crippen molar-refractivity contribution in [2.24, 2.45) is 0 Å². The number of anilines is 1. The van der Waals surface area contributed by atoms with Crippen molar-refractivity contribution < 1.29 is 28.5 Å². The number of nitrogens with zero attached hydrogens (tertiary/aromatic N) is 1. The average Bonchev–Trinajstić information content (AvgIpc) is 2.97. The van der Waals surface area contributed by atoms with Crippen LogP contribution in [0.2, 0.25) is 0 Å². The van der Waals surface area contributed by atoms with Gasteiger partial charge in [0.05, 0.1) is 26.9 Å². The summed E-state index contributed by atoms with van der Waals surface area (Å²) in [7, 11) is 6.32. The summed E-state index contributed by atoms with van der Waals surface area (Å²) in [4.78, 5) is 27.1. The number of hydrogen-bond acceptors (Lipinski definition) is 7. The van der Waals surface area contributed by atoms with Crippen LogP contribution in [0.5, 0.6) is 17.2 Å². The summed E-state index contributed by atoms with van der Waals surface area (Å²) in [5, 5.41) is 0. The van der Waals surface area contributed by atoms with Crippen molar-refractivity contribution in [2.75, 3.05) is 39.9 Å². The van der Waals surface area contributed by atoms with Crippen LogP contribution in [0, 0.1) is 0 Å². The fourth-order valence-corrected chi connectivity index (χ4v) is 3.87. The zero-order valence-corrected chi connectivity index (χ0v) is 18.6. The van der Waals surface area contributed by atoms with Crippen LogP contribution in [-0.4, -0.2) is 46.7 Å². The number of likely N-dealkylation sites (N-methyl/N-ethyl adjacent to an activating group) is 1. The molecule has 2 aromatic rings. The van der Waals surface area contributed by atoms with Gasteiger partial charge in [0.15, 0.2) is 23.9 Å². The Morgan fingerprint density at radius 2 is 1.61 bits per heavy atom. The molecule has 0 radical (unpaired) electrons. The highest BCUT2D eigenvalue weighted by atomic mass is 16.5. The molecular weight excluding hydrogens is 398 g/mol. The van der Waals surface area contributed by atoms with E-state index >= 15 is 0 Å². The van der Waals surface area contributed by atoms with Crippen molar-refractivity contribution in [3.05, 3.63) is 59.3 Å². The summed E-state index contributed by atoms with van der Waals surface area (Å²) in [5.41, 5.74) is 2.91. The van der Waals surface area contributed by atoms with Gasteiger partial charge in [-0.15, -0.1) is 0 Å².